The predicted molar refractivity (Wildman–Crippen MR) is 93.7 cm³/mol. The van der Waals surface area contributed by atoms with Gasteiger partial charge in [0.25, 0.3) is 0 Å². The molecule has 0 radical (unpaired) electrons. The minimum atomic E-state index is 0. The Balaban J connectivity index is 0. The van der Waals surface area contributed by atoms with Crippen LogP contribution in [0.5, 0.6) is 0 Å². The van der Waals surface area contributed by atoms with Crippen LogP contribution in [0.4, 0.5) is 0 Å². The molecule has 0 heterocycles. The van der Waals surface area contributed by atoms with Crippen molar-refractivity contribution < 1.29 is 5.11 Å². The van der Waals surface area contributed by atoms with Gasteiger partial charge in [-0.1, -0.05) is 97.3 Å². The van der Waals surface area contributed by atoms with Crippen LogP contribution in [0, 0.1) is 5.92 Å². The molecule has 0 unspecified atom stereocenters. The Labute approximate surface area is 171 Å². The van der Waals surface area contributed by atoms with Crippen LogP contribution in [0.15, 0.2) is 0 Å². The zero-order valence-corrected chi connectivity index (χ0v) is 13.6. The summed E-state index contributed by atoms with van der Waals surface area (Å²) < 4.78 is 0. The average molecular weight is 311 g/mol. The summed E-state index contributed by atoms with van der Waals surface area (Å²) in [6.45, 7) is 5.02. The first-order chi connectivity index (χ1) is 9.27. The molecule has 0 fully saturated rings. The Morgan fingerprint density at radius 3 is 1.15 bits per heavy atom. The molecule has 0 atom stereocenters. The molecule has 20 heavy (non-hydrogen) atoms. The van der Waals surface area contributed by atoms with Crippen molar-refractivity contribution in [3.63, 3.8) is 0 Å². The predicted octanol–water partition coefficient (Wildman–Crippen LogP) is 5.45. The third-order valence-corrected chi connectivity index (χ3v) is 3.94. The Morgan fingerprint density at radius 1 is 0.550 bits per heavy atom. The van der Waals surface area contributed by atoms with Gasteiger partial charge in [0, 0.05) is 6.61 Å². The second-order valence-electron chi connectivity index (χ2n) is 6.50. The van der Waals surface area contributed by atoms with E-state index in [1.54, 1.807) is 0 Å². The van der Waals surface area contributed by atoms with Crippen molar-refractivity contribution in [1.29, 1.82) is 0 Å². The van der Waals surface area contributed by atoms with Gasteiger partial charge in [-0.2, -0.15) is 0 Å². The van der Waals surface area contributed by atoms with Gasteiger partial charge in [-0.15, -0.1) is 0 Å². The molecule has 118 valence electrons. The van der Waals surface area contributed by atoms with E-state index < -0.39 is 0 Å². The van der Waals surface area contributed by atoms with Crippen molar-refractivity contribution in [3.05, 3.63) is 0 Å². The number of unbranched alkanes of at least 4 members (excludes halogenated alkanes) is 12. The third kappa shape index (κ3) is 21.9. The van der Waals surface area contributed by atoms with E-state index in [1.807, 2.05) is 0 Å². The molecule has 0 rings (SSSR count). The fourth-order valence-corrected chi connectivity index (χ4v) is 2.61. The van der Waals surface area contributed by atoms with E-state index in [0.29, 0.717) is 6.61 Å². The molecule has 0 saturated heterocycles. The molecule has 0 aromatic carbocycles. The molecular weight excluding hydrogens is 271 g/mol. The number of hydrogen-bond acceptors (Lipinski definition) is 1. The molecule has 0 aliphatic heterocycles. The van der Waals surface area contributed by atoms with Gasteiger partial charge in [-0.25, -0.2) is 0 Å². The summed E-state index contributed by atoms with van der Waals surface area (Å²) in [7, 11) is 0. The van der Waals surface area contributed by atoms with Crippen molar-refractivity contribution in [1.82, 2.24) is 0 Å². The molecule has 0 aromatic rings. The standard InChI is InChI=1S/C18H38O.K.H/c1-18(2)16-14-12-10-8-6-4-3-5-7-9-11-13-15-17-19;;/h18-19H,3-17H2,1-2H3;;. The van der Waals surface area contributed by atoms with Crippen molar-refractivity contribution in [2.24, 2.45) is 5.92 Å². The van der Waals surface area contributed by atoms with Crippen LogP contribution in [-0.4, -0.2) is 63.1 Å². The normalized spacial score (nSPS) is 10.8. The number of hydrogen-bond donors (Lipinski definition) is 1. The quantitative estimate of drug-likeness (QED) is 0.315. The summed E-state index contributed by atoms with van der Waals surface area (Å²) in [6.07, 6.45) is 19.3. The van der Waals surface area contributed by atoms with E-state index in [2.05, 4.69) is 13.8 Å². The van der Waals surface area contributed by atoms with E-state index in [1.165, 1.54) is 83.5 Å². The first kappa shape index (κ1) is 23.9. The summed E-state index contributed by atoms with van der Waals surface area (Å²) in [5.74, 6) is 0.886. The van der Waals surface area contributed by atoms with Crippen LogP contribution in [0.25, 0.3) is 0 Å². The SMILES string of the molecule is CC(C)CCCCCCCCCCCCCCCO.[KH]. The van der Waals surface area contributed by atoms with Crippen LogP contribution in [-0.2, 0) is 0 Å². The van der Waals surface area contributed by atoms with Gasteiger partial charge in [-0.3, -0.25) is 0 Å². The van der Waals surface area contributed by atoms with Crippen LogP contribution < -0.4 is 0 Å². The summed E-state index contributed by atoms with van der Waals surface area (Å²) in [6, 6.07) is 0. The molecule has 0 bridgehead atoms. The fourth-order valence-electron chi connectivity index (χ4n) is 2.61. The van der Waals surface area contributed by atoms with Crippen molar-refractivity contribution in [2.75, 3.05) is 6.61 Å². The topological polar surface area (TPSA) is 20.2 Å². The number of aliphatic hydroxyl groups excluding tert-OH is 1. The number of aliphatic hydroxyl groups is 1. The van der Waals surface area contributed by atoms with Crippen LogP contribution in [0.1, 0.15) is 104 Å². The summed E-state index contributed by atoms with van der Waals surface area (Å²) >= 11 is 0. The van der Waals surface area contributed by atoms with Crippen LogP contribution in [0.2, 0.25) is 0 Å². The van der Waals surface area contributed by atoms with E-state index >= 15 is 0 Å². The summed E-state index contributed by atoms with van der Waals surface area (Å²) in [5, 5.41) is 8.67. The fraction of sp³-hybridized carbons (Fsp3) is 1.00. The maximum atomic E-state index is 8.67. The maximum absolute atomic E-state index is 8.67. The van der Waals surface area contributed by atoms with Gasteiger partial charge in [0.1, 0.15) is 0 Å². The molecule has 1 N–H and O–H groups in total. The Hall–Kier alpha value is 1.60. The first-order valence-corrected chi connectivity index (χ1v) is 8.88. The van der Waals surface area contributed by atoms with Crippen molar-refractivity contribution in [3.8, 4) is 0 Å². The van der Waals surface area contributed by atoms with Gasteiger partial charge in [0.2, 0.25) is 0 Å². The van der Waals surface area contributed by atoms with Crippen molar-refractivity contribution in [2.45, 2.75) is 104 Å². The van der Waals surface area contributed by atoms with Gasteiger partial charge in [-0.05, 0) is 12.3 Å². The third-order valence-electron chi connectivity index (χ3n) is 3.94. The molecule has 0 saturated carbocycles. The second kappa shape index (κ2) is 20.6. The Bertz CT molecular complexity index is 159. The van der Waals surface area contributed by atoms with E-state index in [0.717, 1.165) is 12.3 Å². The monoisotopic (exact) mass is 310 g/mol. The molecule has 0 aromatic heterocycles. The van der Waals surface area contributed by atoms with E-state index in [4.69, 9.17) is 5.11 Å². The Morgan fingerprint density at radius 2 is 0.850 bits per heavy atom. The molecule has 2 heteroatoms. The summed E-state index contributed by atoms with van der Waals surface area (Å²) in [5.41, 5.74) is 0. The van der Waals surface area contributed by atoms with E-state index in [-0.39, 0.29) is 51.4 Å². The average Bonchev–Trinajstić information content (AvgIpc) is 2.39. The van der Waals surface area contributed by atoms with Gasteiger partial charge >= 0.3 is 51.4 Å². The van der Waals surface area contributed by atoms with E-state index in [9.17, 15) is 0 Å². The molecule has 0 amide bonds. The molecule has 0 aliphatic carbocycles. The molecule has 0 aliphatic rings. The van der Waals surface area contributed by atoms with Gasteiger partial charge in [0.05, 0.1) is 0 Å². The number of rotatable bonds is 15. The van der Waals surface area contributed by atoms with Gasteiger partial charge in [0.15, 0.2) is 0 Å². The Kier molecular flexibility index (Phi) is 24.6. The summed E-state index contributed by atoms with van der Waals surface area (Å²) in [4.78, 5) is 0. The van der Waals surface area contributed by atoms with Crippen molar-refractivity contribution >= 4 is 51.4 Å². The zero-order valence-electron chi connectivity index (χ0n) is 13.6. The molecule has 1 nitrogen and oxygen atoms in total. The van der Waals surface area contributed by atoms with Crippen LogP contribution in [0.3, 0.4) is 0 Å². The zero-order chi connectivity index (χ0) is 14.2. The second-order valence-corrected chi connectivity index (χ2v) is 6.50. The van der Waals surface area contributed by atoms with Crippen LogP contribution >= 0.6 is 0 Å². The minimum absolute atomic E-state index is 0. The molecular formula is C18H39KO. The first-order valence-electron chi connectivity index (χ1n) is 8.88. The van der Waals surface area contributed by atoms with Gasteiger partial charge < -0.3 is 5.11 Å². The molecule has 0 spiro atoms.